The molecule has 22 heavy (non-hydrogen) atoms. The minimum atomic E-state index is -2.40. The Labute approximate surface area is 128 Å². The summed E-state index contributed by atoms with van der Waals surface area (Å²) in [4.78, 5) is 2.18. The highest BCUT2D eigenvalue weighted by atomic mass is 19.3. The van der Waals surface area contributed by atoms with Crippen LogP contribution in [-0.2, 0) is 13.1 Å². The van der Waals surface area contributed by atoms with Crippen molar-refractivity contribution in [3.63, 3.8) is 0 Å². The van der Waals surface area contributed by atoms with Crippen LogP contribution in [0.5, 0.6) is 0 Å². The molecular formula is C16H19F2N3O. The number of rotatable bonds is 4. The minimum absolute atomic E-state index is 0.380. The number of nitrogens with zero attached hydrogens (tertiary/aromatic N) is 3. The second kappa shape index (κ2) is 6.44. The van der Waals surface area contributed by atoms with Gasteiger partial charge < -0.3 is 10.0 Å². The summed E-state index contributed by atoms with van der Waals surface area (Å²) in [6.45, 7) is 1.05. The van der Waals surface area contributed by atoms with Gasteiger partial charge in [-0.2, -0.15) is 5.10 Å². The lowest BCUT2D eigenvalue weighted by molar-refractivity contribution is 0.122. The maximum Gasteiger partial charge on any atom is 0.257 e. The number of benzene rings is 1. The summed E-state index contributed by atoms with van der Waals surface area (Å²) in [5, 5.41) is 14.2. The van der Waals surface area contributed by atoms with Crippen LogP contribution in [0.1, 0.15) is 30.1 Å². The largest absolute Gasteiger partial charge is 0.388 e. The average Bonchev–Trinajstić information content (AvgIpc) is 2.85. The summed E-state index contributed by atoms with van der Waals surface area (Å²) in [5.41, 5.74) is 2.83. The Kier molecular flexibility index (Phi) is 4.38. The van der Waals surface area contributed by atoms with Crippen molar-refractivity contribution in [2.45, 2.75) is 38.5 Å². The molecule has 0 aliphatic carbocycles. The number of alkyl halides is 2. The van der Waals surface area contributed by atoms with Gasteiger partial charge in [-0.05, 0) is 18.9 Å². The van der Waals surface area contributed by atoms with Gasteiger partial charge >= 0.3 is 0 Å². The number of halogens is 2. The van der Waals surface area contributed by atoms with Crippen LogP contribution >= 0.6 is 0 Å². The van der Waals surface area contributed by atoms with Crippen molar-refractivity contribution >= 4 is 5.69 Å². The topological polar surface area (TPSA) is 41.3 Å². The highest BCUT2D eigenvalue weighted by Crippen LogP contribution is 2.33. The number of anilines is 1. The molecule has 2 heterocycles. The molecule has 0 saturated heterocycles. The van der Waals surface area contributed by atoms with Crippen LogP contribution in [0.4, 0.5) is 14.5 Å². The number of para-hydroxylation sites is 1. The second-order valence-electron chi connectivity index (χ2n) is 5.60. The van der Waals surface area contributed by atoms with Crippen LogP contribution in [0.25, 0.3) is 0 Å². The van der Waals surface area contributed by atoms with Gasteiger partial charge in [0, 0.05) is 36.1 Å². The zero-order valence-corrected chi connectivity index (χ0v) is 12.2. The van der Waals surface area contributed by atoms with Crippen molar-refractivity contribution in [1.82, 2.24) is 9.78 Å². The molecule has 0 fully saturated rings. The van der Waals surface area contributed by atoms with Gasteiger partial charge in [0.2, 0.25) is 0 Å². The zero-order chi connectivity index (χ0) is 15.5. The van der Waals surface area contributed by atoms with E-state index in [1.54, 1.807) is 12.4 Å². The predicted octanol–water partition coefficient (Wildman–Crippen LogP) is 2.98. The molecule has 3 rings (SSSR count). The van der Waals surface area contributed by atoms with Crippen molar-refractivity contribution < 1.29 is 13.9 Å². The Morgan fingerprint density at radius 3 is 2.95 bits per heavy atom. The molecule has 0 amide bonds. The first-order valence-corrected chi connectivity index (χ1v) is 7.45. The SMILES string of the molecule is OC1CCCN(Cc2cnn(CC(F)F)c2)c2ccccc21. The molecule has 0 bridgehead atoms. The molecule has 6 heteroatoms. The van der Waals surface area contributed by atoms with Crippen LogP contribution in [0.15, 0.2) is 36.7 Å². The summed E-state index contributed by atoms with van der Waals surface area (Å²) in [5.74, 6) is 0. The van der Waals surface area contributed by atoms with Crippen molar-refractivity contribution in [3.8, 4) is 0 Å². The molecule has 0 saturated carbocycles. The van der Waals surface area contributed by atoms with Crippen LogP contribution in [0.2, 0.25) is 0 Å². The van der Waals surface area contributed by atoms with Crippen molar-refractivity contribution in [2.75, 3.05) is 11.4 Å². The fourth-order valence-corrected chi connectivity index (χ4v) is 2.92. The van der Waals surface area contributed by atoms with Crippen LogP contribution in [-0.4, -0.2) is 27.9 Å². The van der Waals surface area contributed by atoms with Crippen molar-refractivity contribution in [3.05, 3.63) is 47.8 Å². The van der Waals surface area contributed by atoms with E-state index >= 15 is 0 Å². The molecule has 4 nitrogen and oxygen atoms in total. The Morgan fingerprint density at radius 2 is 2.14 bits per heavy atom. The maximum atomic E-state index is 12.4. The summed E-state index contributed by atoms with van der Waals surface area (Å²) in [7, 11) is 0. The van der Waals surface area contributed by atoms with E-state index in [1.165, 1.54) is 4.68 Å². The summed E-state index contributed by atoms with van der Waals surface area (Å²) in [6, 6.07) is 7.81. The first kappa shape index (κ1) is 15.0. The third-order valence-electron chi connectivity index (χ3n) is 3.93. The molecule has 1 aromatic carbocycles. The lowest BCUT2D eigenvalue weighted by Gasteiger charge is -2.24. The van der Waals surface area contributed by atoms with E-state index in [-0.39, 0.29) is 6.54 Å². The Bertz CT molecular complexity index is 629. The van der Waals surface area contributed by atoms with E-state index in [4.69, 9.17) is 0 Å². The average molecular weight is 307 g/mol. The second-order valence-corrected chi connectivity index (χ2v) is 5.60. The molecule has 2 aromatic rings. The monoisotopic (exact) mass is 307 g/mol. The van der Waals surface area contributed by atoms with Gasteiger partial charge in [-0.1, -0.05) is 18.2 Å². The van der Waals surface area contributed by atoms with Gasteiger partial charge in [0.1, 0.15) is 6.54 Å². The molecule has 1 aromatic heterocycles. The first-order valence-electron chi connectivity index (χ1n) is 7.45. The molecule has 1 N–H and O–H groups in total. The summed E-state index contributed by atoms with van der Waals surface area (Å²) < 4.78 is 26.0. The fraction of sp³-hybridized carbons (Fsp3) is 0.438. The van der Waals surface area contributed by atoms with E-state index in [9.17, 15) is 13.9 Å². The number of fused-ring (bicyclic) bond motifs is 1. The first-order chi connectivity index (χ1) is 10.6. The smallest absolute Gasteiger partial charge is 0.257 e. The molecule has 0 spiro atoms. The molecule has 118 valence electrons. The van der Waals surface area contributed by atoms with E-state index in [0.717, 1.165) is 36.2 Å². The number of hydrogen-bond donors (Lipinski definition) is 1. The van der Waals surface area contributed by atoms with Crippen molar-refractivity contribution in [1.29, 1.82) is 0 Å². The Balaban J connectivity index is 1.79. The normalized spacial score (nSPS) is 18.4. The summed E-state index contributed by atoms with van der Waals surface area (Å²) in [6.07, 6.45) is 2.08. The highest BCUT2D eigenvalue weighted by Gasteiger charge is 2.21. The maximum absolute atomic E-state index is 12.4. The van der Waals surface area contributed by atoms with Gasteiger partial charge in [-0.3, -0.25) is 4.68 Å². The molecular weight excluding hydrogens is 288 g/mol. The Morgan fingerprint density at radius 1 is 1.32 bits per heavy atom. The third-order valence-corrected chi connectivity index (χ3v) is 3.93. The lowest BCUT2D eigenvalue weighted by Crippen LogP contribution is -2.23. The van der Waals surface area contributed by atoms with Crippen LogP contribution in [0, 0.1) is 0 Å². The van der Waals surface area contributed by atoms with Gasteiger partial charge in [0.05, 0.1) is 12.3 Å². The molecule has 1 aliphatic rings. The van der Waals surface area contributed by atoms with E-state index < -0.39 is 12.5 Å². The molecule has 1 aliphatic heterocycles. The zero-order valence-electron chi connectivity index (χ0n) is 12.2. The molecule has 1 atom stereocenters. The number of aromatic nitrogens is 2. The number of aliphatic hydroxyl groups is 1. The van der Waals surface area contributed by atoms with E-state index in [2.05, 4.69) is 10.00 Å². The van der Waals surface area contributed by atoms with E-state index in [1.807, 2.05) is 24.3 Å². The van der Waals surface area contributed by atoms with Gasteiger partial charge in [0.25, 0.3) is 6.43 Å². The number of aliphatic hydroxyl groups excluding tert-OH is 1. The van der Waals surface area contributed by atoms with E-state index in [0.29, 0.717) is 6.54 Å². The van der Waals surface area contributed by atoms with Crippen LogP contribution in [0.3, 0.4) is 0 Å². The lowest BCUT2D eigenvalue weighted by atomic mass is 10.0. The fourth-order valence-electron chi connectivity index (χ4n) is 2.92. The van der Waals surface area contributed by atoms with Crippen molar-refractivity contribution in [2.24, 2.45) is 0 Å². The van der Waals surface area contributed by atoms with Gasteiger partial charge in [-0.15, -0.1) is 0 Å². The molecule has 0 radical (unpaired) electrons. The van der Waals surface area contributed by atoms with Gasteiger partial charge in [-0.25, -0.2) is 8.78 Å². The predicted molar refractivity (Wildman–Crippen MR) is 79.9 cm³/mol. The third kappa shape index (κ3) is 3.27. The Hall–Kier alpha value is -1.95. The van der Waals surface area contributed by atoms with Gasteiger partial charge in [0.15, 0.2) is 0 Å². The minimum Gasteiger partial charge on any atom is -0.388 e. The number of hydrogen-bond acceptors (Lipinski definition) is 3. The quantitative estimate of drug-likeness (QED) is 0.944. The summed E-state index contributed by atoms with van der Waals surface area (Å²) >= 11 is 0. The molecule has 1 unspecified atom stereocenters. The van der Waals surface area contributed by atoms with Crippen LogP contribution < -0.4 is 4.90 Å². The highest BCUT2D eigenvalue weighted by molar-refractivity contribution is 5.55. The standard InChI is InChI=1S/C16H19F2N3O/c17-16(18)11-21-10-12(8-19-21)9-20-7-3-6-15(22)13-4-1-2-5-14(13)20/h1-2,4-5,8,10,15-16,22H,3,6-7,9,11H2.